The fraction of sp³-hybridized carbons (Fsp3) is 0.333. The average molecular weight is 295 g/mol. The molecular formula is C18H21N3O. The first-order chi connectivity index (χ1) is 10.8. The van der Waals surface area contributed by atoms with E-state index in [9.17, 15) is 4.79 Å². The third-order valence-electron chi connectivity index (χ3n) is 4.09. The van der Waals surface area contributed by atoms with Gasteiger partial charge in [-0.15, -0.1) is 0 Å². The van der Waals surface area contributed by atoms with Gasteiger partial charge in [0.1, 0.15) is 0 Å². The molecule has 1 amide bonds. The van der Waals surface area contributed by atoms with Crippen LogP contribution in [0.15, 0.2) is 53.9 Å². The molecule has 0 aliphatic heterocycles. The fourth-order valence-electron chi connectivity index (χ4n) is 2.94. The summed E-state index contributed by atoms with van der Waals surface area (Å²) in [6, 6.07) is 12.3. The van der Waals surface area contributed by atoms with Gasteiger partial charge in [-0.2, -0.15) is 5.10 Å². The summed E-state index contributed by atoms with van der Waals surface area (Å²) in [6.07, 6.45) is 11.4. The fourth-order valence-corrected chi connectivity index (χ4v) is 2.94. The predicted molar refractivity (Wildman–Crippen MR) is 87.8 cm³/mol. The van der Waals surface area contributed by atoms with Crippen molar-refractivity contribution < 1.29 is 4.79 Å². The highest BCUT2D eigenvalue weighted by molar-refractivity contribution is 5.83. The van der Waals surface area contributed by atoms with Gasteiger partial charge >= 0.3 is 0 Å². The number of benzene rings is 1. The lowest BCUT2D eigenvalue weighted by Crippen LogP contribution is -2.19. The maximum Gasteiger partial charge on any atom is 0.244 e. The molecule has 1 saturated carbocycles. The minimum absolute atomic E-state index is 0.0994. The summed E-state index contributed by atoms with van der Waals surface area (Å²) in [5, 5.41) is 4.04. The zero-order valence-corrected chi connectivity index (χ0v) is 12.6. The Kier molecular flexibility index (Phi) is 4.68. The van der Waals surface area contributed by atoms with Gasteiger partial charge in [0.05, 0.1) is 12.6 Å². The quantitative estimate of drug-likeness (QED) is 0.667. The molecule has 4 nitrogen and oxygen atoms in total. The normalized spacial score (nSPS) is 15.5. The molecule has 1 heterocycles. The van der Waals surface area contributed by atoms with Crippen molar-refractivity contribution in [2.75, 3.05) is 0 Å². The van der Waals surface area contributed by atoms with Crippen LogP contribution in [0.5, 0.6) is 0 Å². The minimum Gasteiger partial charge on any atom is -0.351 e. The summed E-state index contributed by atoms with van der Waals surface area (Å²) in [7, 11) is 0. The first kappa shape index (κ1) is 14.6. The van der Waals surface area contributed by atoms with Gasteiger partial charge in [-0.1, -0.05) is 43.2 Å². The Balaban J connectivity index is 1.50. The minimum atomic E-state index is -0.0994. The lowest BCUT2D eigenvalue weighted by atomic mass is 10.1. The Morgan fingerprint density at radius 3 is 2.77 bits per heavy atom. The van der Waals surface area contributed by atoms with E-state index in [-0.39, 0.29) is 5.91 Å². The SMILES string of the molecule is O=C(Cc1ccccc1)N/N=C\c1ccn(C2CCCC2)c1. The van der Waals surface area contributed by atoms with Crippen LogP contribution in [-0.2, 0) is 11.2 Å². The summed E-state index contributed by atoms with van der Waals surface area (Å²) < 4.78 is 2.26. The number of nitrogens with one attached hydrogen (secondary N) is 1. The van der Waals surface area contributed by atoms with E-state index in [1.807, 2.05) is 36.4 Å². The standard InChI is InChI=1S/C18H21N3O/c22-18(12-15-6-2-1-3-7-15)20-19-13-16-10-11-21(14-16)17-8-4-5-9-17/h1-3,6-7,10-11,13-14,17H,4-5,8-9,12H2,(H,20,22)/b19-13-. The molecule has 1 aromatic carbocycles. The van der Waals surface area contributed by atoms with Crippen molar-refractivity contribution in [2.45, 2.75) is 38.1 Å². The van der Waals surface area contributed by atoms with Crippen molar-refractivity contribution in [3.63, 3.8) is 0 Å². The number of hydrogen-bond acceptors (Lipinski definition) is 2. The predicted octanol–water partition coefficient (Wildman–Crippen LogP) is 3.30. The third kappa shape index (κ3) is 3.85. The monoisotopic (exact) mass is 295 g/mol. The van der Waals surface area contributed by atoms with Crippen molar-refractivity contribution in [1.29, 1.82) is 0 Å². The van der Waals surface area contributed by atoms with Crippen LogP contribution in [-0.4, -0.2) is 16.7 Å². The summed E-state index contributed by atoms with van der Waals surface area (Å²) in [6.45, 7) is 0. The number of hydrazone groups is 1. The van der Waals surface area contributed by atoms with E-state index < -0.39 is 0 Å². The third-order valence-corrected chi connectivity index (χ3v) is 4.09. The lowest BCUT2D eigenvalue weighted by molar-refractivity contribution is -0.120. The molecule has 0 atom stereocenters. The van der Waals surface area contributed by atoms with E-state index in [2.05, 4.69) is 27.5 Å². The summed E-state index contributed by atoms with van der Waals surface area (Å²) >= 11 is 0. The zero-order valence-electron chi connectivity index (χ0n) is 12.6. The second-order valence-corrected chi connectivity index (χ2v) is 5.79. The molecule has 0 unspecified atom stereocenters. The molecule has 114 valence electrons. The van der Waals surface area contributed by atoms with Crippen molar-refractivity contribution in [3.8, 4) is 0 Å². The van der Waals surface area contributed by atoms with Gasteiger partial charge in [0.25, 0.3) is 0 Å². The van der Waals surface area contributed by atoms with Crippen LogP contribution in [0.3, 0.4) is 0 Å². The van der Waals surface area contributed by atoms with Gasteiger partial charge in [0, 0.05) is 24.0 Å². The topological polar surface area (TPSA) is 46.4 Å². The van der Waals surface area contributed by atoms with E-state index in [1.165, 1.54) is 25.7 Å². The van der Waals surface area contributed by atoms with Crippen LogP contribution in [0.25, 0.3) is 0 Å². The molecular weight excluding hydrogens is 274 g/mol. The number of amides is 1. The van der Waals surface area contributed by atoms with Crippen LogP contribution in [0.4, 0.5) is 0 Å². The molecule has 1 aliphatic carbocycles. The number of rotatable bonds is 5. The molecule has 0 saturated heterocycles. The molecule has 1 fully saturated rings. The second kappa shape index (κ2) is 7.07. The molecule has 4 heteroatoms. The maximum atomic E-state index is 11.8. The van der Waals surface area contributed by atoms with E-state index in [0.29, 0.717) is 12.5 Å². The molecule has 2 aromatic rings. The first-order valence-electron chi connectivity index (χ1n) is 7.84. The summed E-state index contributed by atoms with van der Waals surface area (Å²) in [5.74, 6) is -0.0994. The molecule has 1 aromatic heterocycles. The van der Waals surface area contributed by atoms with Crippen LogP contribution >= 0.6 is 0 Å². The van der Waals surface area contributed by atoms with Gasteiger partial charge in [-0.05, 0) is 24.5 Å². The largest absolute Gasteiger partial charge is 0.351 e. The molecule has 1 aliphatic rings. The molecule has 0 bridgehead atoms. The van der Waals surface area contributed by atoms with E-state index >= 15 is 0 Å². The number of hydrogen-bond donors (Lipinski definition) is 1. The molecule has 3 rings (SSSR count). The van der Waals surface area contributed by atoms with Crippen LogP contribution < -0.4 is 5.43 Å². The van der Waals surface area contributed by atoms with Crippen molar-refractivity contribution in [3.05, 3.63) is 59.9 Å². The van der Waals surface area contributed by atoms with Crippen molar-refractivity contribution >= 4 is 12.1 Å². The van der Waals surface area contributed by atoms with Crippen LogP contribution in [0, 0.1) is 0 Å². The Hall–Kier alpha value is -2.36. The van der Waals surface area contributed by atoms with Gasteiger partial charge in [0.15, 0.2) is 0 Å². The second-order valence-electron chi connectivity index (χ2n) is 5.79. The number of aromatic nitrogens is 1. The average Bonchev–Trinajstić information content (AvgIpc) is 3.19. The Bertz CT molecular complexity index is 639. The number of carbonyl (C=O) groups is 1. The summed E-state index contributed by atoms with van der Waals surface area (Å²) in [5.41, 5.74) is 4.59. The first-order valence-corrected chi connectivity index (χ1v) is 7.84. The number of carbonyl (C=O) groups excluding carboxylic acids is 1. The van der Waals surface area contributed by atoms with Crippen molar-refractivity contribution in [2.24, 2.45) is 5.10 Å². The van der Waals surface area contributed by atoms with Gasteiger partial charge in [0.2, 0.25) is 5.91 Å². The Morgan fingerprint density at radius 1 is 1.23 bits per heavy atom. The molecule has 0 radical (unpaired) electrons. The molecule has 22 heavy (non-hydrogen) atoms. The Morgan fingerprint density at radius 2 is 2.00 bits per heavy atom. The maximum absolute atomic E-state index is 11.8. The number of nitrogens with zero attached hydrogens (tertiary/aromatic N) is 2. The van der Waals surface area contributed by atoms with E-state index in [0.717, 1.165) is 11.1 Å². The smallest absolute Gasteiger partial charge is 0.244 e. The van der Waals surface area contributed by atoms with E-state index in [4.69, 9.17) is 0 Å². The highest BCUT2D eigenvalue weighted by atomic mass is 16.2. The zero-order chi connectivity index (χ0) is 15.2. The van der Waals surface area contributed by atoms with Crippen LogP contribution in [0.1, 0.15) is 42.9 Å². The highest BCUT2D eigenvalue weighted by Gasteiger charge is 2.15. The van der Waals surface area contributed by atoms with Crippen molar-refractivity contribution in [1.82, 2.24) is 9.99 Å². The van der Waals surface area contributed by atoms with Crippen LogP contribution in [0.2, 0.25) is 0 Å². The van der Waals surface area contributed by atoms with Gasteiger partial charge < -0.3 is 4.57 Å². The highest BCUT2D eigenvalue weighted by Crippen LogP contribution is 2.29. The molecule has 0 spiro atoms. The molecule has 1 N–H and O–H groups in total. The van der Waals surface area contributed by atoms with E-state index in [1.54, 1.807) is 6.21 Å². The summed E-state index contributed by atoms with van der Waals surface area (Å²) in [4.78, 5) is 11.8. The van der Waals surface area contributed by atoms with Gasteiger partial charge in [-0.3, -0.25) is 4.79 Å². The lowest BCUT2D eigenvalue weighted by Gasteiger charge is -2.10. The van der Waals surface area contributed by atoms with Gasteiger partial charge in [-0.25, -0.2) is 5.43 Å². The Labute approximate surface area is 130 Å².